The highest BCUT2D eigenvalue weighted by molar-refractivity contribution is 6.31. The van der Waals surface area contributed by atoms with Gasteiger partial charge in [0.15, 0.2) is 0 Å². The molecular formula is C15H24ClN3O2. The van der Waals surface area contributed by atoms with Crippen LogP contribution in [0.15, 0.2) is 18.2 Å². The lowest BCUT2D eigenvalue weighted by atomic mass is 10.2. The van der Waals surface area contributed by atoms with Crippen LogP contribution in [-0.4, -0.2) is 44.2 Å². The zero-order valence-corrected chi connectivity index (χ0v) is 13.6. The molecule has 0 saturated heterocycles. The van der Waals surface area contributed by atoms with Crippen molar-refractivity contribution in [3.8, 4) is 0 Å². The number of nitrogens with one attached hydrogen (secondary N) is 1. The number of benzene rings is 1. The summed E-state index contributed by atoms with van der Waals surface area (Å²) in [6.07, 6.45) is 0. The van der Waals surface area contributed by atoms with Crippen LogP contribution in [0.3, 0.4) is 0 Å². The summed E-state index contributed by atoms with van der Waals surface area (Å²) >= 11 is 5.91. The van der Waals surface area contributed by atoms with E-state index < -0.39 is 0 Å². The molecule has 118 valence electrons. The van der Waals surface area contributed by atoms with Crippen molar-refractivity contribution in [3.63, 3.8) is 0 Å². The van der Waals surface area contributed by atoms with Crippen LogP contribution < -0.4 is 11.1 Å². The number of nitrogen functional groups attached to an aromatic ring is 1. The first-order valence-corrected chi connectivity index (χ1v) is 7.36. The number of nitrogens with two attached hydrogens (primary N) is 1. The van der Waals surface area contributed by atoms with Crippen LogP contribution in [0.5, 0.6) is 0 Å². The third-order valence-corrected chi connectivity index (χ3v) is 3.13. The highest BCUT2D eigenvalue weighted by Crippen LogP contribution is 2.22. The largest absolute Gasteiger partial charge is 0.397 e. The van der Waals surface area contributed by atoms with E-state index in [2.05, 4.69) is 24.1 Å². The SMILES string of the molecule is COCCN(CC(=O)Nc1cc(Cl)ccc1N)CC(C)C. The molecule has 0 spiro atoms. The smallest absolute Gasteiger partial charge is 0.238 e. The first kappa shape index (κ1) is 17.8. The number of rotatable bonds is 8. The highest BCUT2D eigenvalue weighted by Gasteiger charge is 2.13. The summed E-state index contributed by atoms with van der Waals surface area (Å²) in [5, 5.41) is 3.34. The molecule has 0 bridgehead atoms. The van der Waals surface area contributed by atoms with Crippen molar-refractivity contribution >= 4 is 28.9 Å². The molecule has 0 atom stereocenters. The summed E-state index contributed by atoms with van der Waals surface area (Å²) in [6, 6.07) is 5.02. The van der Waals surface area contributed by atoms with E-state index in [1.165, 1.54) is 0 Å². The lowest BCUT2D eigenvalue weighted by Crippen LogP contribution is -2.37. The van der Waals surface area contributed by atoms with Gasteiger partial charge in [-0.25, -0.2) is 0 Å². The Balaban J connectivity index is 2.62. The maximum atomic E-state index is 12.1. The zero-order valence-electron chi connectivity index (χ0n) is 12.9. The minimum atomic E-state index is -0.110. The van der Waals surface area contributed by atoms with E-state index in [0.29, 0.717) is 42.0 Å². The quantitative estimate of drug-likeness (QED) is 0.723. The van der Waals surface area contributed by atoms with Gasteiger partial charge >= 0.3 is 0 Å². The van der Waals surface area contributed by atoms with Gasteiger partial charge in [0.05, 0.1) is 24.5 Å². The van der Waals surface area contributed by atoms with Gasteiger partial charge in [-0.1, -0.05) is 25.4 Å². The van der Waals surface area contributed by atoms with Crippen molar-refractivity contribution in [1.29, 1.82) is 0 Å². The molecule has 5 nitrogen and oxygen atoms in total. The van der Waals surface area contributed by atoms with Crippen LogP contribution in [-0.2, 0) is 9.53 Å². The molecule has 21 heavy (non-hydrogen) atoms. The second-order valence-corrected chi connectivity index (χ2v) is 5.84. The van der Waals surface area contributed by atoms with Crippen molar-refractivity contribution in [3.05, 3.63) is 23.2 Å². The number of amides is 1. The summed E-state index contributed by atoms with van der Waals surface area (Å²) in [7, 11) is 1.65. The minimum Gasteiger partial charge on any atom is -0.397 e. The van der Waals surface area contributed by atoms with Crippen molar-refractivity contribution in [2.75, 3.05) is 44.4 Å². The van der Waals surface area contributed by atoms with Gasteiger partial charge in [-0.3, -0.25) is 9.69 Å². The summed E-state index contributed by atoms with van der Waals surface area (Å²) < 4.78 is 5.08. The van der Waals surface area contributed by atoms with E-state index in [4.69, 9.17) is 22.1 Å². The summed E-state index contributed by atoms with van der Waals surface area (Å²) in [5.41, 5.74) is 6.87. The Labute approximate surface area is 131 Å². The van der Waals surface area contributed by atoms with Crippen molar-refractivity contribution in [1.82, 2.24) is 4.90 Å². The summed E-state index contributed by atoms with van der Waals surface area (Å²) in [5.74, 6) is 0.367. The van der Waals surface area contributed by atoms with Crippen molar-refractivity contribution < 1.29 is 9.53 Å². The molecule has 1 amide bonds. The van der Waals surface area contributed by atoms with Gasteiger partial charge in [-0.05, 0) is 24.1 Å². The molecule has 1 aromatic carbocycles. The molecule has 0 aliphatic rings. The van der Waals surface area contributed by atoms with Gasteiger partial charge in [-0.2, -0.15) is 0 Å². The number of carbonyl (C=O) groups excluding carboxylic acids is 1. The van der Waals surface area contributed by atoms with E-state index in [-0.39, 0.29) is 5.91 Å². The first-order valence-electron chi connectivity index (χ1n) is 6.98. The lowest BCUT2D eigenvalue weighted by Gasteiger charge is -2.23. The third-order valence-electron chi connectivity index (χ3n) is 2.89. The first-order chi connectivity index (χ1) is 9.92. The van der Waals surface area contributed by atoms with Crippen LogP contribution in [0.4, 0.5) is 11.4 Å². The van der Waals surface area contributed by atoms with Gasteiger partial charge in [0.1, 0.15) is 0 Å². The van der Waals surface area contributed by atoms with Gasteiger partial charge in [0.25, 0.3) is 0 Å². The lowest BCUT2D eigenvalue weighted by molar-refractivity contribution is -0.117. The minimum absolute atomic E-state index is 0.110. The standard InChI is InChI=1S/C15H24ClN3O2/c1-11(2)9-19(6-7-21-3)10-15(20)18-14-8-12(16)4-5-13(14)17/h4-5,8,11H,6-7,9-10,17H2,1-3H3,(H,18,20). The molecular weight excluding hydrogens is 290 g/mol. The molecule has 6 heteroatoms. The number of methoxy groups -OCH3 is 1. The molecule has 0 aromatic heterocycles. The number of hydrogen-bond donors (Lipinski definition) is 2. The fourth-order valence-electron chi connectivity index (χ4n) is 2.00. The fourth-order valence-corrected chi connectivity index (χ4v) is 2.17. The van der Waals surface area contributed by atoms with E-state index in [9.17, 15) is 4.79 Å². The summed E-state index contributed by atoms with van der Waals surface area (Å²) in [6.45, 7) is 6.68. The number of halogens is 1. The van der Waals surface area contributed by atoms with E-state index in [1.807, 2.05) is 0 Å². The highest BCUT2D eigenvalue weighted by atomic mass is 35.5. The fraction of sp³-hybridized carbons (Fsp3) is 0.533. The van der Waals surface area contributed by atoms with Gasteiger partial charge in [0.2, 0.25) is 5.91 Å². The van der Waals surface area contributed by atoms with E-state index >= 15 is 0 Å². The Morgan fingerprint density at radius 2 is 2.19 bits per heavy atom. The molecule has 0 aliphatic carbocycles. The molecule has 0 saturated carbocycles. The predicted molar refractivity (Wildman–Crippen MR) is 87.6 cm³/mol. The molecule has 0 fully saturated rings. The van der Waals surface area contributed by atoms with Crippen LogP contribution in [0, 0.1) is 5.92 Å². The average Bonchev–Trinajstić information content (AvgIpc) is 2.39. The van der Waals surface area contributed by atoms with Gasteiger partial charge < -0.3 is 15.8 Å². The zero-order chi connectivity index (χ0) is 15.8. The number of anilines is 2. The molecule has 1 rings (SSSR count). The van der Waals surface area contributed by atoms with Crippen LogP contribution in [0.1, 0.15) is 13.8 Å². The number of ether oxygens (including phenoxy) is 1. The maximum Gasteiger partial charge on any atom is 0.238 e. The Hall–Kier alpha value is -1.30. The maximum absolute atomic E-state index is 12.1. The predicted octanol–water partition coefficient (Wildman–Crippen LogP) is 2.47. The third kappa shape index (κ3) is 6.80. The molecule has 1 aromatic rings. The Morgan fingerprint density at radius 3 is 2.81 bits per heavy atom. The molecule has 3 N–H and O–H groups in total. The van der Waals surface area contributed by atoms with E-state index in [0.717, 1.165) is 6.54 Å². The monoisotopic (exact) mass is 313 g/mol. The van der Waals surface area contributed by atoms with Gasteiger partial charge in [0, 0.05) is 25.2 Å². The van der Waals surface area contributed by atoms with Crippen LogP contribution >= 0.6 is 11.6 Å². The Bertz CT molecular complexity index is 466. The molecule has 0 unspecified atom stereocenters. The van der Waals surface area contributed by atoms with Crippen molar-refractivity contribution in [2.24, 2.45) is 5.92 Å². The number of carbonyl (C=O) groups is 1. The normalized spacial score (nSPS) is 11.1. The van der Waals surface area contributed by atoms with Crippen LogP contribution in [0.2, 0.25) is 5.02 Å². The Morgan fingerprint density at radius 1 is 1.48 bits per heavy atom. The van der Waals surface area contributed by atoms with Crippen molar-refractivity contribution in [2.45, 2.75) is 13.8 Å². The topological polar surface area (TPSA) is 67.6 Å². The second kappa shape index (κ2) is 8.87. The second-order valence-electron chi connectivity index (χ2n) is 5.40. The molecule has 0 aliphatic heterocycles. The average molecular weight is 314 g/mol. The summed E-state index contributed by atoms with van der Waals surface area (Å²) in [4.78, 5) is 14.2. The molecule has 0 radical (unpaired) electrons. The van der Waals surface area contributed by atoms with E-state index in [1.54, 1.807) is 25.3 Å². The number of nitrogens with zero attached hydrogens (tertiary/aromatic N) is 1. The Kier molecular flexibility index (Phi) is 7.50. The van der Waals surface area contributed by atoms with Gasteiger partial charge in [-0.15, -0.1) is 0 Å². The number of hydrogen-bond acceptors (Lipinski definition) is 4. The molecule has 0 heterocycles. The van der Waals surface area contributed by atoms with Crippen LogP contribution in [0.25, 0.3) is 0 Å².